The van der Waals surface area contributed by atoms with Crippen LogP contribution in [0.3, 0.4) is 0 Å². The van der Waals surface area contributed by atoms with Gasteiger partial charge in [0.15, 0.2) is 0 Å². The first kappa shape index (κ1) is 13.9. The van der Waals surface area contributed by atoms with Crippen molar-refractivity contribution in [3.8, 4) is 0 Å². The van der Waals surface area contributed by atoms with E-state index in [9.17, 15) is 0 Å². The molecular weight excluding hydrogens is 204 g/mol. The van der Waals surface area contributed by atoms with Gasteiger partial charge >= 0.3 is 0 Å². The van der Waals surface area contributed by atoms with Gasteiger partial charge in [-0.2, -0.15) is 0 Å². The maximum atomic E-state index is 5.50. The van der Waals surface area contributed by atoms with Crippen LogP contribution in [0, 0.1) is 0 Å². The highest BCUT2D eigenvalue weighted by Gasteiger charge is 2.29. The van der Waals surface area contributed by atoms with Gasteiger partial charge in [0, 0.05) is 38.3 Å². The van der Waals surface area contributed by atoms with Crippen molar-refractivity contribution in [1.29, 1.82) is 0 Å². The van der Waals surface area contributed by atoms with Gasteiger partial charge in [-0.3, -0.25) is 4.90 Å². The molecule has 0 spiro atoms. The van der Waals surface area contributed by atoms with Crippen molar-refractivity contribution in [2.75, 3.05) is 46.6 Å². The lowest BCUT2D eigenvalue weighted by molar-refractivity contribution is -0.0503. The van der Waals surface area contributed by atoms with Gasteiger partial charge in [-0.1, -0.05) is 0 Å². The van der Waals surface area contributed by atoms with Crippen LogP contribution in [0.4, 0.5) is 0 Å². The number of ether oxygens (including phenoxy) is 2. The van der Waals surface area contributed by atoms with Crippen LogP contribution < -0.4 is 5.32 Å². The van der Waals surface area contributed by atoms with E-state index in [0.29, 0.717) is 6.04 Å². The molecule has 0 aromatic heterocycles. The average Bonchev–Trinajstić information content (AvgIpc) is 2.21. The summed E-state index contributed by atoms with van der Waals surface area (Å²) in [6.45, 7) is 12.2. The topological polar surface area (TPSA) is 33.7 Å². The van der Waals surface area contributed by atoms with E-state index >= 15 is 0 Å². The SMILES string of the molecule is COCC(C)NCCN1CCOCC1(C)C. The van der Waals surface area contributed by atoms with Crippen molar-refractivity contribution >= 4 is 0 Å². The average molecular weight is 230 g/mol. The highest BCUT2D eigenvalue weighted by molar-refractivity contribution is 4.84. The van der Waals surface area contributed by atoms with E-state index in [1.54, 1.807) is 7.11 Å². The first-order valence-electron chi connectivity index (χ1n) is 6.11. The molecule has 1 heterocycles. The van der Waals surface area contributed by atoms with Crippen LogP contribution in [-0.2, 0) is 9.47 Å². The normalized spacial score (nSPS) is 23.2. The predicted molar refractivity (Wildman–Crippen MR) is 65.8 cm³/mol. The van der Waals surface area contributed by atoms with Gasteiger partial charge < -0.3 is 14.8 Å². The summed E-state index contributed by atoms with van der Waals surface area (Å²) in [6, 6.07) is 0.425. The van der Waals surface area contributed by atoms with Crippen LogP contribution in [0.25, 0.3) is 0 Å². The smallest absolute Gasteiger partial charge is 0.0645 e. The van der Waals surface area contributed by atoms with Gasteiger partial charge in [-0.15, -0.1) is 0 Å². The molecule has 1 fully saturated rings. The number of hydrogen-bond acceptors (Lipinski definition) is 4. The Morgan fingerprint density at radius 1 is 1.50 bits per heavy atom. The third-order valence-electron chi connectivity index (χ3n) is 3.11. The Morgan fingerprint density at radius 3 is 2.88 bits per heavy atom. The van der Waals surface area contributed by atoms with E-state index in [1.807, 2.05) is 0 Å². The minimum Gasteiger partial charge on any atom is -0.383 e. The van der Waals surface area contributed by atoms with E-state index in [0.717, 1.165) is 39.5 Å². The molecule has 96 valence electrons. The van der Waals surface area contributed by atoms with Gasteiger partial charge in [0.1, 0.15) is 0 Å². The van der Waals surface area contributed by atoms with Crippen LogP contribution in [-0.4, -0.2) is 63.0 Å². The first-order chi connectivity index (χ1) is 7.56. The van der Waals surface area contributed by atoms with E-state index in [1.165, 1.54) is 0 Å². The summed E-state index contributed by atoms with van der Waals surface area (Å²) in [5.41, 5.74) is 0.171. The Kier molecular flexibility index (Phi) is 5.69. The maximum Gasteiger partial charge on any atom is 0.0645 e. The second-order valence-electron chi connectivity index (χ2n) is 5.16. The fourth-order valence-corrected chi connectivity index (χ4v) is 2.06. The highest BCUT2D eigenvalue weighted by Crippen LogP contribution is 2.17. The molecule has 0 aliphatic carbocycles. The molecule has 0 amide bonds. The largest absolute Gasteiger partial charge is 0.383 e. The Balaban J connectivity index is 2.20. The molecule has 1 N–H and O–H groups in total. The number of hydrogen-bond donors (Lipinski definition) is 1. The maximum absolute atomic E-state index is 5.50. The molecule has 0 radical (unpaired) electrons. The van der Waals surface area contributed by atoms with Crippen LogP contribution >= 0.6 is 0 Å². The third kappa shape index (κ3) is 4.37. The molecule has 1 saturated heterocycles. The first-order valence-corrected chi connectivity index (χ1v) is 6.11. The zero-order valence-electron chi connectivity index (χ0n) is 11.1. The molecule has 1 rings (SSSR count). The molecule has 0 bridgehead atoms. The Labute approximate surface area is 99.3 Å². The molecule has 0 saturated carbocycles. The van der Waals surface area contributed by atoms with Crippen molar-refractivity contribution in [2.24, 2.45) is 0 Å². The number of methoxy groups -OCH3 is 1. The summed E-state index contributed by atoms with van der Waals surface area (Å²) in [6.07, 6.45) is 0. The van der Waals surface area contributed by atoms with Crippen LogP contribution in [0.2, 0.25) is 0 Å². The lowest BCUT2D eigenvalue weighted by atomic mass is 10.0. The fraction of sp³-hybridized carbons (Fsp3) is 1.00. The van der Waals surface area contributed by atoms with Crippen LogP contribution in [0.5, 0.6) is 0 Å². The van der Waals surface area contributed by atoms with Gasteiger partial charge in [0.05, 0.1) is 19.8 Å². The van der Waals surface area contributed by atoms with E-state index in [2.05, 4.69) is 31.0 Å². The van der Waals surface area contributed by atoms with Crippen molar-refractivity contribution in [3.63, 3.8) is 0 Å². The molecule has 0 aromatic rings. The monoisotopic (exact) mass is 230 g/mol. The summed E-state index contributed by atoms with van der Waals surface area (Å²) in [5, 5.41) is 3.46. The molecule has 1 unspecified atom stereocenters. The lowest BCUT2D eigenvalue weighted by Gasteiger charge is -2.42. The van der Waals surface area contributed by atoms with Gasteiger partial charge in [0.2, 0.25) is 0 Å². The summed E-state index contributed by atoms with van der Waals surface area (Å²) >= 11 is 0. The number of morpholine rings is 1. The number of nitrogens with one attached hydrogen (secondary N) is 1. The summed E-state index contributed by atoms with van der Waals surface area (Å²) in [4.78, 5) is 2.49. The molecule has 1 atom stereocenters. The van der Waals surface area contributed by atoms with E-state index in [-0.39, 0.29) is 5.54 Å². The summed E-state index contributed by atoms with van der Waals surface area (Å²) in [5.74, 6) is 0. The van der Waals surface area contributed by atoms with E-state index in [4.69, 9.17) is 9.47 Å². The molecule has 4 heteroatoms. The minimum atomic E-state index is 0.171. The van der Waals surface area contributed by atoms with Crippen LogP contribution in [0.1, 0.15) is 20.8 Å². The Morgan fingerprint density at radius 2 is 2.25 bits per heavy atom. The summed E-state index contributed by atoms with van der Waals surface area (Å²) in [7, 11) is 1.74. The molecule has 16 heavy (non-hydrogen) atoms. The Bertz CT molecular complexity index is 197. The molecule has 0 aromatic carbocycles. The minimum absolute atomic E-state index is 0.171. The Hall–Kier alpha value is -0.160. The second-order valence-corrected chi connectivity index (χ2v) is 5.16. The molecule has 1 aliphatic heterocycles. The van der Waals surface area contributed by atoms with Crippen molar-refractivity contribution in [2.45, 2.75) is 32.4 Å². The molecular formula is C12H26N2O2. The highest BCUT2D eigenvalue weighted by atomic mass is 16.5. The quantitative estimate of drug-likeness (QED) is 0.729. The van der Waals surface area contributed by atoms with Crippen molar-refractivity contribution in [1.82, 2.24) is 10.2 Å². The van der Waals surface area contributed by atoms with E-state index < -0.39 is 0 Å². The predicted octanol–water partition coefficient (Wildman–Crippen LogP) is 0.722. The second kappa shape index (κ2) is 6.55. The van der Waals surface area contributed by atoms with Crippen molar-refractivity contribution < 1.29 is 9.47 Å². The fourth-order valence-electron chi connectivity index (χ4n) is 2.06. The molecule has 1 aliphatic rings. The van der Waals surface area contributed by atoms with Gasteiger partial charge in [-0.25, -0.2) is 0 Å². The lowest BCUT2D eigenvalue weighted by Crippen LogP contribution is -2.55. The van der Waals surface area contributed by atoms with Gasteiger partial charge in [-0.05, 0) is 20.8 Å². The zero-order valence-corrected chi connectivity index (χ0v) is 11.1. The van der Waals surface area contributed by atoms with Gasteiger partial charge in [0.25, 0.3) is 0 Å². The standard InChI is InChI=1S/C12H26N2O2/c1-11(9-15-4)13-5-6-14-7-8-16-10-12(14,2)3/h11,13H,5-10H2,1-4H3. The van der Waals surface area contributed by atoms with Crippen molar-refractivity contribution in [3.05, 3.63) is 0 Å². The number of nitrogens with zero attached hydrogens (tertiary/aromatic N) is 1. The third-order valence-corrected chi connectivity index (χ3v) is 3.11. The molecule has 4 nitrogen and oxygen atoms in total. The summed E-state index contributed by atoms with van der Waals surface area (Å²) < 4.78 is 10.6. The number of rotatable bonds is 6. The zero-order chi connectivity index (χ0) is 12.0. The van der Waals surface area contributed by atoms with Crippen LogP contribution in [0.15, 0.2) is 0 Å².